The molecule has 1 rings (SSSR count). The van der Waals surface area contributed by atoms with E-state index in [-0.39, 0.29) is 0 Å². The zero-order valence-corrected chi connectivity index (χ0v) is 6.77. The number of nitriles is 1. The summed E-state index contributed by atoms with van der Waals surface area (Å²) in [5, 5.41) is 17.0. The summed E-state index contributed by atoms with van der Waals surface area (Å²) in [6.07, 6.45) is 2.41. The molecule has 0 amide bonds. The number of hydrogen-bond donors (Lipinski definition) is 1. The molecule has 13 heavy (non-hydrogen) atoms. The first-order chi connectivity index (χ1) is 6.24. The van der Waals surface area contributed by atoms with Gasteiger partial charge in [0.2, 0.25) is 0 Å². The van der Waals surface area contributed by atoms with Crippen LogP contribution in [0.15, 0.2) is 30.3 Å². The average molecular weight is 173 g/mol. The van der Waals surface area contributed by atoms with E-state index >= 15 is 0 Å². The summed E-state index contributed by atoms with van der Waals surface area (Å²) in [6, 6.07) is 8.79. The number of carbonyl (C=O) groups is 1. The minimum atomic E-state index is -1.02. The van der Waals surface area contributed by atoms with E-state index in [0.717, 1.165) is 6.08 Å². The first-order valence-electron chi connectivity index (χ1n) is 3.64. The highest BCUT2D eigenvalue weighted by Gasteiger charge is 1.96. The highest BCUT2D eigenvalue weighted by Crippen LogP contribution is 2.08. The van der Waals surface area contributed by atoms with Crippen LogP contribution in [0.25, 0.3) is 6.08 Å². The Morgan fingerprint density at radius 3 is 2.77 bits per heavy atom. The van der Waals surface area contributed by atoms with Gasteiger partial charge in [-0.15, -0.1) is 0 Å². The van der Waals surface area contributed by atoms with Crippen LogP contribution < -0.4 is 0 Å². The third-order valence-electron chi connectivity index (χ3n) is 1.49. The first kappa shape index (κ1) is 9.01. The minimum absolute atomic E-state index is 0.472. The van der Waals surface area contributed by atoms with Crippen molar-refractivity contribution >= 4 is 12.0 Å². The van der Waals surface area contributed by atoms with Gasteiger partial charge in [-0.3, -0.25) is 0 Å². The van der Waals surface area contributed by atoms with Crippen LogP contribution in [0.4, 0.5) is 0 Å². The van der Waals surface area contributed by atoms with E-state index in [0.29, 0.717) is 11.1 Å². The van der Waals surface area contributed by atoms with Crippen LogP contribution in [0.5, 0.6) is 0 Å². The summed E-state index contributed by atoms with van der Waals surface area (Å²) in [5.41, 5.74) is 1.09. The zero-order valence-electron chi connectivity index (χ0n) is 6.77. The van der Waals surface area contributed by atoms with Crippen LogP contribution in [0.2, 0.25) is 0 Å². The Bertz CT molecular complexity index is 388. The van der Waals surface area contributed by atoms with Crippen molar-refractivity contribution in [3.63, 3.8) is 0 Å². The fourth-order valence-corrected chi connectivity index (χ4v) is 0.905. The molecular weight excluding hydrogens is 166 g/mol. The molecule has 0 heterocycles. The lowest BCUT2D eigenvalue weighted by Crippen LogP contribution is -1.87. The maximum atomic E-state index is 10.2. The van der Waals surface area contributed by atoms with Crippen molar-refractivity contribution in [1.29, 1.82) is 5.26 Å². The minimum Gasteiger partial charge on any atom is -0.478 e. The Labute approximate surface area is 75.5 Å². The van der Waals surface area contributed by atoms with Gasteiger partial charge in [0.25, 0.3) is 0 Å². The van der Waals surface area contributed by atoms with Crippen LogP contribution in [0.3, 0.4) is 0 Å². The molecule has 1 aromatic carbocycles. The van der Waals surface area contributed by atoms with Crippen LogP contribution in [0.1, 0.15) is 11.1 Å². The lowest BCUT2D eigenvalue weighted by molar-refractivity contribution is -0.131. The topological polar surface area (TPSA) is 61.1 Å². The molecule has 0 fully saturated rings. The standard InChI is InChI=1S/C10H7NO2/c11-7-9-4-2-1-3-8(9)5-6-10(12)13/h1-6H,(H,12,13). The molecule has 0 radical (unpaired) electrons. The van der Waals surface area contributed by atoms with Gasteiger partial charge in [-0.1, -0.05) is 18.2 Å². The Morgan fingerprint density at radius 2 is 2.15 bits per heavy atom. The van der Waals surface area contributed by atoms with Crippen molar-refractivity contribution in [3.8, 4) is 6.07 Å². The molecule has 0 spiro atoms. The molecule has 0 saturated carbocycles. The molecule has 0 saturated heterocycles. The molecule has 0 aliphatic rings. The van der Waals surface area contributed by atoms with E-state index in [4.69, 9.17) is 10.4 Å². The predicted octanol–water partition coefficient (Wildman–Crippen LogP) is 1.66. The highest BCUT2D eigenvalue weighted by molar-refractivity contribution is 5.85. The van der Waals surface area contributed by atoms with Crippen LogP contribution in [-0.2, 0) is 4.79 Å². The highest BCUT2D eigenvalue weighted by atomic mass is 16.4. The molecule has 0 unspecified atom stereocenters. The summed E-state index contributed by atoms with van der Waals surface area (Å²) in [4.78, 5) is 10.2. The predicted molar refractivity (Wildman–Crippen MR) is 47.8 cm³/mol. The molecule has 1 N–H and O–H groups in total. The number of benzene rings is 1. The maximum absolute atomic E-state index is 10.2. The van der Waals surface area contributed by atoms with Gasteiger partial charge in [-0.25, -0.2) is 4.79 Å². The first-order valence-corrected chi connectivity index (χ1v) is 3.64. The van der Waals surface area contributed by atoms with E-state index in [9.17, 15) is 4.79 Å². The molecule has 0 aromatic heterocycles. The molecule has 0 bridgehead atoms. The quantitative estimate of drug-likeness (QED) is 0.692. The van der Waals surface area contributed by atoms with E-state index in [1.165, 1.54) is 6.08 Å². The second kappa shape index (κ2) is 4.07. The van der Waals surface area contributed by atoms with Crippen molar-refractivity contribution in [2.24, 2.45) is 0 Å². The van der Waals surface area contributed by atoms with Gasteiger partial charge in [0, 0.05) is 6.08 Å². The molecule has 0 aliphatic heterocycles. The summed E-state index contributed by atoms with van der Waals surface area (Å²) in [5.74, 6) is -1.02. The number of rotatable bonds is 2. The van der Waals surface area contributed by atoms with E-state index < -0.39 is 5.97 Å². The van der Waals surface area contributed by atoms with Gasteiger partial charge in [0.15, 0.2) is 0 Å². The fourth-order valence-electron chi connectivity index (χ4n) is 0.905. The van der Waals surface area contributed by atoms with Gasteiger partial charge >= 0.3 is 5.97 Å². The molecule has 0 aliphatic carbocycles. The fraction of sp³-hybridized carbons (Fsp3) is 0. The van der Waals surface area contributed by atoms with E-state index in [1.807, 2.05) is 6.07 Å². The third-order valence-corrected chi connectivity index (χ3v) is 1.49. The second-order valence-corrected chi connectivity index (χ2v) is 2.37. The van der Waals surface area contributed by atoms with Gasteiger partial charge in [-0.2, -0.15) is 5.26 Å². The molecule has 3 heteroatoms. The van der Waals surface area contributed by atoms with Gasteiger partial charge in [0.1, 0.15) is 0 Å². The molecular formula is C10H7NO2. The van der Waals surface area contributed by atoms with Crippen molar-refractivity contribution in [2.45, 2.75) is 0 Å². The summed E-state index contributed by atoms with van der Waals surface area (Å²) < 4.78 is 0. The van der Waals surface area contributed by atoms with Gasteiger partial charge in [0.05, 0.1) is 11.6 Å². The number of hydrogen-bond acceptors (Lipinski definition) is 2. The number of nitrogens with zero attached hydrogens (tertiary/aromatic N) is 1. The van der Waals surface area contributed by atoms with Gasteiger partial charge < -0.3 is 5.11 Å². The Hall–Kier alpha value is -2.08. The smallest absolute Gasteiger partial charge is 0.328 e. The maximum Gasteiger partial charge on any atom is 0.328 e. The van der Waals surface area contributed by atoms with Crippen molar-refractivity contribution in [3.05, 3.63) is 41.5 Å². The van der Waals surface area contributed by atoms with E-state index in [2.05, 4.69) is 0 Å². The second-order valence-electron chi connectivity index (χ2n) is 2.37. The zero-order chi connectivity index (χ0) is 9.68. The Balaban J connectivity index is 3.02. The molecule has 64 valence electrons. The molecule has 0 atom stereocenters. The third kappa shape index (κ3) is 2.46. The van der Waals surface area contributed by atoms with Crippen LogP contribution >= 0.6 is 0 Å². The normalized spacial score (nSPS) is 9.77. The van der Waals surface area contributed by atoms with Crippen molar-refractivity contribution < 1.29 is 9.90 Å². The Morgan fingerprint density at radius 1 is 1.46 bits per heavy atom. The summed E-state index contributed by atoms with van der Waals surface area (Å²) >= 11 is 0. The molecule has 1 aromatic rings. The Kier molecular flexibility index (Phi) is 2.82. The summed E-state index contributed by atoms with van der Waals surface area (Å²) in [7, 11) is 0. The van der Waals surface area contributed by atoms with E-state index in [1.54, 1.807) is 24.3 Å². The van der Waals surface area contributed by atoms with Crippen molar-refractivity contribution in [2.75, 3.05) is 0 Å². The molecule has 3 nitrogen and oxygen atoms in total. The average Bonchev–Trinajstić information content (AvgIpc) is 2.15. The van der Waals surface area contributed by atoms with Gasteiger partial charge in [-0.05, 0) is 17.7 Å². The van der Waals surface area contributed by atoms with Crippen molar-refractivity contribution in [1.82, 2.24) is 0 Å². The lowest BCUT2D eigenvalue weighted by atomic mass is 10.1. The summed E-state index contributed by atoms with van der Waals surface area (Å²) in [6.45, 7) is 0. The number of carboxylic acids is 1. The largest absolute Gasteiger partial charge is 0.478 e. The monoisotopic (exact) mass is 173 g/mol. The number of aliphatic carboxylic acids is 1. The number of carboxylic acid groups (broad SMARTS) is 1. The van der Waals surface area contributed by atoms with Crippen LogP contribution in [0, 0.1) is 11.3 Å². The lowest BCUT2D eigenvalue weighted by Gasteiger charge is -1.94. The van der Waals surface area contributed by atoms with Crippen LogP contribution in [-0.4, -0.2) is 11.1 Å². The SMILES string of the molecule is N#Cc1ccccc1C=CC(=O)O.